The van der Waals surface area contributed by atoms with Crippen LogP contribution in [0.25, 0.3) is 22.8 Å². The average molecular weight is 350 g/mol. The molecule has 0 spiro atoms. The molecule has 3 N–H and O–H groups in total. The predicted molar refractivity (Wildman–Crippen MR) is 78.9 cm³/mol. The largest absolute Gasteiger partial charge is 0.507 e. The van der Waals surface area contributed by atoms with Crippen molar-refractivity contribution in [2.75, 3.05) is 5.73 Å². The van der Waals surface area contributed by atoms with E-state index in [1.807, 2.05) is 0 Å². The molecule has 0 aliphatic heterocycles. The Bertz CT molecular complexity index is 820. The van der Waals surface area contributed by atoms with E-state index in [1.165, 1.54) is 18.2 Å². The number of nitrogen functional groups attached to an aromatic ring is 1. The second-order valence-electron chi connectivity index (χ2n) is 4.33. The van der Waals surface area contributed by atoms with Gasteiger partial charge in [0.05, 0.1) is 10.0 Å². The number of benzene rings is 2. The third-order valence-electron chi connectivity index (χ3n) is 2.86. The molecule has 0 amide bonds. The molecular formula is C14H9BrFN3O2. The minimum Gasteiger partial charge on any atom is -0.507 e. The Balaban J connectivity index is 2.01. The van der Waals surface area contributed by atoms with E-state index in [0.29, 0.717) is 27.1 Å². The Kier molecular flexibility index (Phi) is 3.34. The van der Waals surface area contributed by atoms with Gasteiger partial charge in [0.2, 0.25) is 5.82 Å². The molecular weight excluding hydrogens is 341 g/mol. The lowest BCUT2D eigenvalue weighted by Gasteiger charge is -2.00. The van der Waals surface area contributed by atoms with Gasteiger partial charge in [0.1, 0.15) is 11.6 Å². The summed E-state index contributed by atoms with van der Waals surface area (Å²) in [6.07, 6.45) is 0. The molecule has 1 aromatic heterocycles. The van der Waals surface area contributed by atoms with Crippen molar-refractivity contribution in [2.24, 2.45) is 0 Å². The number of phenols is 1. The van der Waals surface area contributed by atoms with Gasteiger partial charge in [0, 0.05) is 17.3 Å². The highest BCUT2D eigenvalue weighted by Gasteiger charge is 2.15. The number of hydrogen-bond acceptors (Lipinski definition) is 5. The van der Waals surface area contributed by atoms with E-state index >= 15 is 0 Å². The van der Waals surface area contributed by atoms with Crippen molar-refractivity contribution in [3.8, 4) is 28.6 Å². The Morgan fingerprint density at radius 3 is 2.71 bits per heavy atom. The molecule has 106 valence electrons. The Morgan fingerprint density at radius 1 is 1.19 bits per heavy atom. The molecule has 0 radical (unpaired) electrons. The summed E-state index contributed by atoms with van der Waals surface area (Å²) in [6, 6.07) is 8.99. The zero-order valence-corrected chi connectivity index (χ0v) is 12.1. The first-order chi connectivity index (χ1) is 10.0. The van der Waals surface area contributed by atoms with Gasteiger partial charge in [-0.1, -0.05) is 5.16 Å². The average Bonchev–Trinajstić information content (AvgIpc) is 2.91. The van der Waals surface area contributed by atoms with Crippen molar-refractivity contribution in [1.29, 1.82) is 0 Å². The number of phenolic OH excluding ortho intramolecular Hbond substituents is 1. The van der Waals surface area contributed by atoms with Gasteiger partial charge in [-0.05, 0) is 46.3 Å². The van der Waals surface area contributed by atoms with Gasteiger partial charge in [-0.2, -0.15) is 4.98 Å². The molecule has 0 aliphatic carbocycles. The number of rotatable bonds is 2. The highest BCUT2D eigenvalue weighted by Crippen LogP contribution is 2.31. The normalized spacial score (nSPS) is 10.8. The van der Waals surface area contributed by atoms with Gasteiger partial charge in [-0.25, -0.2) is 4.39 Å². The summed E-state index contributed by atoms with van der Waals surface area (Å²) in [4.78, 5) is 4.19. The van der Waals surface area contributed by atoms with E-state index < -0.39 is 0 Å². The van der Waals surface area contributed by atoms with Gasteiger partial charge in [0.25, 0.3) is 5.89 Å². The standard InChI is InChI=1S/C14H9BrFN3O2/c15-10-5-7(1-4-11(10)16)13-18-14(21-19-13)9-3-2-8(17)6-12(9)20/h1-6,20H,17H2. The lowest BCUT2D eigenvalue weighted by molar-refractivity contribution is 0.426. The molecule has 3 aromatic rings. The van der Waals surface area contributed by atoms with Gasteiger partial charge in [-0.3, -0.25) is 0 Å². The molecule has 3 rings (SSSR count). The summed E-state index contributed by atoms with van der Waals surface area (Å²) in [5, 5.41) is 13.7. The van der Waals surface area contributed by atoms with Crippen LogP contribution in [0, 0.1) is 5.82 Å². The molecule has 0 fully saturated rings. The van der Waals surface area contributed by atoms with Crippen molar-refractivity contribution in [3.05, 3.63) is 46.7 Å². The van der Waals surface area contributed by atoms with Crippen LogP contribution < -0.4 is 5.73 Å². The summed E-state index contributed by atoms with van der Waals surface area (Å²) in [5.74, 6) is 0.0222. The lowest BCUT2D eigenvalue weighted by Crippen LogP contribution is -1.86. The monoisotopic (exact) mass is 349 g/mol. The molecule has 21 heavy (non-hydrogen) atoms. The van der Waals surface area contributed by atoms with Crippen LogP contribution in [0.15, 0.2) is 45.4 Å². The Labute approximate surface area is 127 Å². The fourth-order valence-electron chi connectivity index (χ4n) is 1.81. The van der Waals surface area contributed by atoms with Crippen LogP contribution in [-0.4, -0.2) is 15.2 Å². The van der Waals surface area contributed by atoms with Crippen LogP contribution in [0.3, 0.4) is 0 Å². The smallest absolute Gasteiger partial charge is 0.262 e. The molecule has 0 saturated heterocycles. The summed E-state index contributed by atoms with van der Waals surface area (Å²) in [6.45, 7) is 0. The topological polar surface area (TPSA) is 85.2 Å². The SMILES string of the molecule is Nc1ccc(-c2nc(-c3ccc(F)c(Br)c3)no2)c(O)c1. The molecule has 0 aliphatic rings. The number of halogens is 2. The van der Waals surface area contributed by atoms with E-state index in [-0.39, 0.29) is 17.5 Å². The zero-order chi connectivity index (χ0) is 15.0. The number of nitrogens with two attached hydrogens (primary N) is 1. The van der Waals surface area contributed by atoms with Gasteiger partial charge in [-0.15, -0.1) is 0 Å². The first kappa shape index (κ1) is 13.6. The van der Waals surface area contributed by atoms with E-state index in [2.05, 4.69) is 26.1 Å². The van der Waals surface area contributed by atoms with E-state index in [1.54, 1.807) is 18.2 Å². The van der Waals surface area contributed by atoms with E-state index in [0.717, 1.165) is 0 Å². The molecule has 0 unspecified atom stereocenters. The van der Waals surface area contributed by atoms with Crippen LogP contribution in [-0.2, 0) is 0 Å². The van der Waals surface area contributed by atoms with Crippen molar-refractivity contribution in [1.82, 2.24) is 10.1 Å². The molecule has 7 heteroatoms. The van der Waals surface area contributed by atoms with Crippen LogP contribution in [0.1, 0.15) is 0 Å². The first-order valence-electron chi connectivity index (χ1n) is 5.92. The van der Waals surface area contributed by atoms with Gasteiger partial charge in [0.15, 0.2) is 0 Å². The zero-order valence-electron chi connectivity index (χ0n) is 10.5. The third-order valence-corrected chi connectivity index (χ3v) is 3.46. The highest BCUT2D eigenvalue weighted by molar-refractivity contribution is 9.10. The van der Waals surface area contributed by atoms with Gasteiger partial charge >= 0.3 is 0 Å². The summed E-state index contributed by atoms with van der Waals surface area (Å²) >= 11 is 3.10. The lowest BCUT2D eigenvalue weighted by atomic mass is 10.2. The molecule has 0 bridgehead atoms. The van der Waals surface area contributed by atoms with Crippen LogP contribution in [0.5, 0.6) is 5.75 Å². The molecule has 0 atom stereocenters. The number of nitrogens with zero attached hydrogens (tertiary/aromatic N) is 2. The maximum Gasteiger partial charge on any atom is 0.262 e. The Hall–Kier alpha value is -2.41. The second kappa shape index (κ2) is 5.17. The van der Waals surface area contributed by atoms with Crippen molar-refractivity contribution in [3.63, 3.8) is 0 Å². The van der Waals surface area contributed by atoms with E-state index in [4.69, 9.17) is 10.3 Å². The number of aromatic nitrogens is 2. The maximum absolute atomic E-state index is 13.2. The number of hydrogen-bond donors (Lipinski definition) is 2. The predicted octanol–water partition coefficient (Wildman–Crippen LogP) is 3.59. The van der Waals surface area contributed by atoms with Crippen molar-refractivity contribution < 1.29 is 14.0 Å². The second-order valence-corrected chi connectivity index (χ2v) is 5.18. The third kappa shape index (κ3) is 2.59. The number of anilines is 1. The summed E-state index contributed by atoms with van der Waals surface area (Å²) in [5.41, 5.74) is 6.96. The maximum atomic E-state index is 13.2. The van der Waals surface area contributed by atoms with E-state index in [9.17, 15) is 9.50 Å². The quantitative estimate of drug-likeness (QED) is 0.690. The molecule has 0 saturated carbocycles. The summed E-state index contributed by atoms with van der Waals surface area (Å²) < 4.78 is 18.7. The fraction of sp³-hybridized carbons (Fsp3) is 0. The fourth-order valence-corrected chi connectivity index (χ4v) is 2.19. The molecule has 1 heterocycles. The van der Waals surface area contributed by atoms with Crippen LogP contribution in [0.2, 0.25) is 0 Å². The summed E-state index contributed by atoms with van der Waals surface area (Å²) in [7, 11) is 0. The number of aromatic hydroxyl groups is 1. The molecule has 5 nitrogen and oxygen atoms in total. The Morgan fingerprint density at radius 2 is 2.00 bits per heavy atom. The first-order valence-corrected chi connectivity index (χ1v) is 6.72. The minimum absolute atomic E-state index is 0.0505. The van der Waals surface area contributed by atoms with Crippen molar-refractivity contribution in [2.45, 2.75) is 0 Å². The van der Waals surface area contributed by atoms with Gasteiger partial charge < -0.3 is 15.4 Å². The van der Waals surface area contributed by atoms with Crippen LogP contribution in [0.4, 0.5) is 10.1 Å². The molecule has 2 aromatic carbocycles. The van der Waals surface area contributed by atoms with Crippen LogP contribution >= 0.6 is 15.9 Å². The highest BCUT2D eigenvalue weighted by atomic mass is 79.9. The minimum atomic E-state index is -0.376. The van der Waals surface area contributed by atoms with Crippen molar-refractivity contribution >= 4 is 21.6 Å².